The molecule has 0 aromatic carbocycles. The summed E-state index contributed by atoms with van der Waals surface area (Å²) in [7, 11) is 0. The Kier molecular flexibility index (Phi) is 5.65. The third-order valence-corrected chi connectivity index (χ3v) is 3.23. The fourth-order valence-electron chi connectivity index (χ4n) is 1.40. The number of carboxylic acid groups (broad SMARTS) is 2. The monoisotopic (exact) mass is 257 g/mol. The lowest BCUT2D eigenvalue weighted by Crippen LogP contribution is -2.31. The van der Waals surface area contributed by atoms with Gasteiger partial charge in [-0.15, -0.1) is 11.3 Å². The number of hydrogen-bond donors (Lipinski definition) is 3. The van der Waals surface area contributed by atoms with Crippen molar-refractivity contribution < 1.29 is 19.8 Å². The Morgan fingerprint density at radius 2 is 2.18 bits per heavy atom. The molecule has 0 aliphatic carbocycles. The maximum absolute atomic E-state index is 10.8. The van der Waals surface area contributed by atoms with E-state index in [-0.39, 0.29) is 13.0 Å². The van der Waals surface area contributed by atoms with Crippen LogP contribution in [0.1, 0.15) is 11.3 Å². The van der Waals surface area contributed by atoms with Crippen LogP contribution in [0.4, 0.5) is 0 Å². The van der Waals surface area contributed by atoms with E-state index in [2.05, 4.69) is 5.32 Å². The van der Waals surface area contributed by atoms with Crippen LogP contribution in [0.25, 0.3) is 0 Å². The standard InChI is InChI=1S/C11H15NO4S/c13-10(14)6-8(11(15)16)7-12-4-3-9-2-1-5-17-9/h1-2,5,8,12H,3-4,6-7H2,(H,13,14)(H,15,16). The van der Waals surface area contributed by atoms with Crippen LogP contribution in [0.5, 0.6) is 0 Å². The Bertz CT molecular complexity index is 364. The first kappa shape index (κ1) is 13.7. The van der Waals surface area contributed by atoms with E-state index in [4.69, 9.17) is 10.2 Å². The number of hydrogen-bond acceptors (Lipinski definition) is 4. The van der Waals surface area contributed by atoms with E-state index in [1.54, 1.807) is 11.3 Å². The Morgan fingerprint density at radius 1 is 1.41 bits per heavy atom. The van der Waals surface area contributed by atoms with Gasteiger partial charge in [-0.25, -0.2) is 0 Å². The Hall–Kier alpha value is -1.40. The van der Waals surface area contributed by atoms with Gasteiger partial charge in [0.1, 0.15) is 0 Å². The Morgan fingerprint density at radius 3 is 2.71 bits per heavy atom. The molecule has 94 valence electrons. The van der Waals surface area contributed by atoms with Crippen LogP contribution in [0.15, 0.2) is 17.5 Å². The van der Waals surface area contributed by atoms with Crippen molar-refractivity contribution >= 4 is 23.3 Å². The van der Waals surface area contributed by atoms with E-state index in [1.807, 2.05) is 17.5 Å². The van der Waals surface area contributed by atoms with Gasteiger partial charge in [0.15, 0.2) is 0 Å². The molecule has 0 saturated heterocycles. The predicted octanol–water partition coefficient (Wildman–Crippen LogP) is 1.06. The molecule has 0 saturated carbocycles. The molecule has 0 spiro atoms. The summed E-state index contributed by atoms with van der Waals surface area (Å²) in [4.78, 5) is 22.4. The van der Waals surface area contributed by atoms with Crippen molar-refractivity contribution in [3.63, 3.8) is 0 Å². The van der Waals surface area contributed by atoms with Gasteiger partial charge in [0.2, 0.25) is 0 Å². The minimum Gasteiger partial charge on any atom is -0.481 e. The second kappa shape index (κ2) is 7.03. The number of nitrogens with one attached hydrogen (secondary N) is 1. The molecule has 0 amide bonds. The molecular weight excluding hydrogens is 242 g/mol. The van der Waals surface area contributed by atoms with Crippen LogP contribution in [-0.2, 0) is 16.0 Å². The molecule has 1 atom stereocenters. The zero-order chi connectivity index (χ0) is 12.7. The Labute approximate surface area is 103 Å². The topological polar surface area (TPSA) is 86.6 Å². The lowest BCUT2D eigenvalue weighted by molar-refractivity contribution is -0.148. The van der Waals surface area contributed by atoms with Gasteiger partial charge in [-0.05, 0) is 24.4 Å². The smallest absolute Gasteiger partial charge is 0.308 e. The molecule has 17 heavy (non-hydrogen) atoms. The van der Waals surface area contributed by atoms with Crippen LogP contribution < -0.4 is 5.32 Å². The molecule has 0 aliphatic heterocycles. The molecular formula is C11H15NO4S. The third kappa shape index (κ3) is 5.46. The van der Waals surface area contributed by atoms with Gasteiger partial charge >= 0.3 is 11.9 Å². The van der Waals surface area contributed by atoms with Gasteiger partial charge in [-0.3, -0.25) is 9.59 Å². The number of aliphatic carboxylic acids is 2. The van der Waals surface area contributed by atoms with Crippen molar-refractivity contribution in [3.8, 4) is 0 Å². The van der Waals surface area contributed by atoms with Gasteiger partial charge in [0, 0.05) is 11.4 Å². The van der Waals surface area contributed by atoms with Gasteiger partial charge < -0.3 is 15.5 Å². The highest BCUT2D eigenvalue weighted by Gasteiger charge is 2.20. The molecule has 3 N–H and O–H groups in total. The maximum Gasteiger partial charge on any atom is 0.308 e. The molecule has 6 heteroatoms. The largest absolute Gasteiger partial charge is 0.481 e. The summed E-state index contributed by atoms with van der Waals surface area (Å²) in [6.07, 6.45) is 0.485. The zero-order valence-electron chi connectivity index (χ0n) is 9.26. The van der Waals surface area contributed by atoms with Gasteiger partial charge in [0.05, 0.1) is 12.3 Å². The molecule has 1 rings (SSSR count). The fourth-order valence-corrected chi connectivity index (χ4v) is 2.11. The normalized spacial score (nSPS) is 12.2. The second-order valence-electron chi connectivity index (χ2n) is 3.67. The quantitative estimate of drug-likeness (QED) is 0.606. The molecule has 1 heterocycles. The zero-order valence-corrected chi connectivity index (χ0v) is 10.1. The summed E-state index contributed by atoms with van der Waals surface area (Å²) in [5.41, 5.74) is 0. The van der Waals surface area contributed by atoms with Crippen molar-refractivity contribution in [3.05, 3.63) is 22.4 Å². The van der Waals surface area contributed by atoms with Crippen LogP contribution in [0, 0.1) is 5.92 Å². The minimum atomic E-state index is -1.09. The predicted molar refractivity (Wildman–Crippen MR) is 64.3 cm³/mol. The molecule has 1 unspecified atom stereocenters. The molecule has 0 fully saturated rings. The van der Waals surface area contributed by atoms with E-state index in [9.17, 15) is 9.59 Å². The van der Waals surface area contributed by atoms with Crippen LogP contribution in [0.2, 0.25) is 0 Å². The minimum absolute atomic E-state index is 0.188. The summed E-state index contributed by atoms with van der Waals surface area (Å²) in [6.45, 7) is 0.844. The number of carboxylic acids is 2. The van der Waals surface area contributed by atoms with Crippen molar-refractivity contribution in [2.75, 3.05) is 13.1 Å². The average Bonchev–Trinajstić information content (AvgIpc) is 2.74. The molecule has 1 aromatic heterocycles. The summed E-state index contributed by atoms with van der Waals surface area (Å²) < 4.78 is 0. The van der Waals surface area contributed by atoms with Gasteiger partial charge in [0.25, 0.3) is 0 Å². The molecule has 0 bridgehead atoms. The fraction of sp³-hybridized carbons (Fsp3) is 0.455. The first-order valence-electron chi connectivity index (χ1n) is 5.27. The SMILES string of the molecule is O=C(O)CC(CNCCc1cccs1)C(=O)O. The van der Waals surface area contributed by atoms with Crippen molar-refractivity contribution in [2.45, 2.75) is 12.8 Å². The van der Waals surface area contributed by atoms with Crippen LogP contribution in [0.3, 0.4) is 0 Å². The second-order valence-corrected chi connectivity index (χ2v) is 4.70. The van der Waals surface area contributed by atoms with E-state index in [0.29, 0.717) is 6.54 Å². The number of carbonyl (C=O) groups is 2. The Balaban J connectivity index is 2.23. The lowest BCUT2D eigenvalue weighted by Gasteiger charge is -2.10. The molecule has 0 aliphatic rings. The first-order valence-corrected chi connectivity index (χ1v) is 6.15. The van der Waals surface area contributed by atoms with E-state index in [0.717, 1.165) is 6.42 Å². The summed E-state index contributed by atoms with van der Waals surface area (Å²) in [6, 6.07) is 3.97. The van der Waals surface area contributed by atoms with Crippen molar-refractivity contribution in [1.82, 2.24) is 5.32 Å². The number of thiophene rings is 1. The average molecular weight is 257 g/mol. The van der Waals surface area contributed by atoms with Gasteiger partial charge in [-0.1, -0.05) is 6.07 Å². The van der Waals surface area contributed by atoms with E-state index >= 15 is 0 Å². The molecule has 5 nitrogen and oxygen atoms in total. The summed E-state index contributed by atoms with van der Waals surface area (Å²) >= 11 is 1.65. The summed E-state index contributed by atoms with van der Waals surface area (Å²) in [5, 5.41) is 22.3. The first-order chi connectivity index (χ1) is 8.09. The highest BCUT2D eigenvalue weighted by molar-refractivity contribution is 7.09. The van der Waals surface area contributed by atoms with Crippen molar-refractivity contribution in [1.29, 1.82) is 0 Å². The van der Waals surface area contributed by atoms with E-state index < -0.39 is 17.9 Å². The van der Waals surface area contributed by atoms with E-state index in [1.165, 1.54) is 4.88 Å². The van der Waals surface area contributed by atoms with Crippen LogP contribution >= 0.6 is 11.3 Å². The molecule has 1 aromatic rings. The number of rotatable bonds is 8. The highest BCUT2D eigenvalue weighted by atomic mass is 32.1. The third-order valence-electron chi connectivity index (χ3n) is 2.29. The van der Waals surface area contributed by atoms with Gasteiger partial charge in [-0.2, -0.15) is 0 Å². The van der Waals surface area contributed by atoms with Crippen molar-refractivity contribution in [2.24, 2.45) is 5.92 Å². The summed E-state index contributed by atoms with van der Waals surface area (Å²) in [5.74, 6) is -3.02. The molecule has 0 radical (unpaired) electrons. The van der Waals surface area contributed by atoms with Crippen LogP contribution in [-0.4, -0.2) is 35.2 Å². The highest BCUT2D eigenvalue weighted by Crippen LogP contribution is 2.08. The maximum atomic E-state index is 10.8. The lowest BCUT2D eigenvalue weighted by atomic mass is 10.1.